The molecular weight excluding hydrogens is 176 g/mol. The summed E-state index contributed by atoms with van der Waals surface area (Å²) in [6.07, 6.45) is 3.92. The van der Waals surface area contributed by atoms with Crippen LogP contribution < -0.4 is 5.32 Å². The maximum absolute atomic E-state index is 5.12. The highest BCUT2D eigenvalue weighted by molar-refractivity contribution is 4.77. The van der Waals surface area contributed by atoms with Gasteiger partial charge in [-0.05, 0) is 32.4 Å². The standard InChI is InChI=1S/C11H24N2O/c1-3-7-13(8-9-14-2)10-11-5-4-6-12-11/h11-12H,3-10H2,1-2H3. The minimum atomic E-state index is 0.721. The summed E-state index contributed by atoms with van der Waals surface area (Å²) in [6, 6.07) is 0.721. The number of nitrogens with zero attached hydrogens (tertiary/aromatic N) is 1. The van der Waals surface area contributed by atoms with Gasteiger partial charge in [-0.3, -0.25) is 4.90 Å². The summed E-state index contributed by atoms with van der Waals surface area (Å²) >= 11 is 0. The minimum Gasteiger partial charge on any atom is -0.383 e. The van der Waals surface area contributed by atoms with Crippen LogP contribution in [0.1, 0.15) is 26.2 Å². The first-order valence-corrected chi connectivity index (χ1v) is 5.81. The van der Waals surface area contributed by atoms with E-state index < -0.39 is 0 Å². The maximum atomic E-state index is 5.12. The summed E-state index contributed by atoms with van der Waals surface area (Å²) < 4.78 is 5.12. The van der Waals surface area contributed by atoms with Crippen LogP contribution in [0, 0.1) is 0 Å². The second-order valence-electron chi connectivity index (χ2n) is 4.09. The van der Waals surface area contributed by atoms with Crippen LogP contribution in [-0.4, -0.2) is 50.8 Å². The molecule has 1 atom stereocenters. The van der Waals surface area contributed by atoms with Gasteiger partial charge in [-0.15, -0.1) is 0 Å². The quantitative estimate of drug-likeness (QED) is 0.666. The van der Waals surface area contributed by atoms with E-state index in [0.29, 0.717) is 0 Å². The molecule has 1 aliphatic rings. The van der Waals surface area contributed by atoms with Crippen molar-refractivity contribution < 1.29 is 4.74 Å². The van der Waals surface area contributed by atoms with Crippen molar-refractivity contribution in [1.29, 1.82) is 0 Å². The van der Waals surface area contributed by atoms with Crippen molar-refractivity contribution in [3.63, 3.8) is 0 Å². The van der Waals surface area contributed by atoms with Crippen molar-refractivity contribution in [2.45, 2.75) is 32.2 Å². The summed E-state index contributed by atoms with van der Waals surface area (Å²) in [4.78, 5) is 2.51. The minimum absolute atomic E-state index is 0.721. The molecule has 84 valence electrons. The van der Waals surface area contributed by atoms with Crippen LogP contribution in [0.15, 0.2) is 0 Å². The Morgan fingerprint density at radius 2 is 2.29 bits per heavy atom. The van der Waals surface area contributed by atoms with Gasteiger partial charge >= 0.3 is 0 Å². The van der Waals surface area contributed by atoms with Crippen LogP contribution in [-0.2, 0) is 4.74 Å². The summed E-state index contributed by atoms with van der Waals surface area (Å²) in [5.41, 5.74) is 0. The van der Waals surface area contributed by atoms with E-state index in [9.17, 15) is 0 Å². The fraction of sp³-hybridized carbons (Fsp3) is 1.00. The average molecular weight is 200 g/mol. The SMILES string of the molecule is CCCN(CCOC)CC1CCCN1. The highest BCUT2D eigenvalue weighted by Gasteiger charge is 2.16. The molecule has 1 heterocycles. The normalized spacial score (nSPS) is 22.1. The summed E-state index contributed by atoms with van der Waals surface area (Å²) in [5.74, 6) is 0. The van der Waals surface area contributed by atoms with Crippen LogP contribution in [0.25, 0.3) is 0 Å². The Balaban J connectivity index is 2.18. The van der Waals surface area contributed by atoms with Crippen molar-refractivity contribution in [3.05, 3.63) is 0 Å². The molecule has 1 saturated heterocycles. The lowest BCUT2D eigenvalue weighted by Crippen LogP contribution is -2.39. The first kappa shape index (κ1) is 12.0. The zero-order valence-electron chi connectivity index (χ0n) is 9.59. The van der Waals surface area contributed by atoms with Crippen LogP contribution in [0.4, 0.5) is 0 Å². The Labute approximate surface area is 87.8 Å². The van der Waals surface area contributed by atoms with E-state index in [4.69, 9.17) is 4.74 Å². The molecule has 0 aliphatic carbocycles. The molecule has 1 unspecified atom stereocenters. The zero-order chi connectivity index (χ0) is 10.2. The van der Waals surface area contributed by atoms with E-state index in [1.54, 1.807) is 7.11 Å². The van der Waals surface area contributed by atoms with Crippen molar-refractivity contribution in [1.82, 2.24) is 10.2 Å². The molecule has 1 fully saturated rings. The van der Waals surface area contributed by atoms with Gasteiger partial charge in [-0.2, -0.15) is 0 Å². The Morgan fingerprint density at radius 3 is 2.86 bits per heavy atom. The van der Waals surface area contributed by atoms with Gasteiger partial charge in [0, 0.05) is 26.2 Å². The average Bonchev–Trinajstić information content (AvgIpc) is 2.67. The lowest BCUT2D eigenvalue weighted by Gasteiger charge is -2.24. The smallest absolute Gasteiger partial charge is 0.0589 e. The van der Waals surface area contributed by atoms with E-state index in [-0.39, 0.29) is 0 Å². The summed E-state index contributed by atoms with van der Waals surface area (Å²) in [6.45, 7) is 7.75. The first-order chi connectivity index (χ1) is 6.86. The second kappa shape index (κ2) is 7.21. The Kier molecular flexibility index (Phi) is 6.15. The third-order valence-corrected chi connectivity index (χ3v) is 2.79. The molecule has 1 N–H and O–H groups in total. The largest absolute Gasteiger partial charge is 0.383 e. The Hall–Kier alpha value is -0.120. The van der Waals surface area contributed by atoms with Gasteiger partial charge in [-0.1, -0.05) is 6.92 Å². The molecule has 0 aromatic rings. The first-order valence-electron chi connectivity index (χ1n) is 5.81. The molecule has 3 heteroatoms. The fourth-order valence-corrected chi connectivity index (χ4v) is 2.06. The zero-order valence-corrected chi connectivity index (χ0v) is 9.59. The number of hydrogen-bond donors (Lipinski definition) is 1. The van der Waals surface area contributed by atoms with Crippen molar-refractivity contribution in [2.75, 3.05) is 39.9 Å². The van der Waals surface area contributed by atoms with Gasteiger partial charge in [0.05, 0.1) is 6.61 Å². The van der Waals surface area contributed by atoms with Crippen LogP contribution in [0.3, 0.4) is 0 Å². The summed E-state index contributed by atoms with van der Waals surface area (Å²) in [7, 11) is 1.78. The van der Waals surface area contributed by atoms with E-state index in [2.05, 4.69) is 17.1 Å². The second-order valence-corrected chi connectivity index (χ2v) is 4.09. The number of hydrogen-bond acceptors (Lipinski definition) is 3. The van der Waals surface area contributed by atoms with Crippen molar-refractivity contribution in [2.24, 2.45) is 0 Å². The molecule has 3 nitrogen and oxygen atoms in total. The lowest BCUT2D eigenvalue weighted by molar-refractivity contribution is 0.142. The highest BCUT2D eigenvalue weighted by Crippen LogP contribution is 2.07. The Morgan fingerprint density at radius 1 is 1.43 bits per heavy atom. The van der Waals surface area contributed by atoms with E-state index in [0.717, 1.165) is 19.2 Å². The molecule has 0 saturated carbocycles. The van der Waals surface area contributed by atoms with Gasteiger partial charge in [-0.25, -0.2) is 0 Å². The third-order valence-electron chi connectivity index (χ3n) is 2.79. The van der Waals surface area contributed by atoms with Gasteiger partial charge in [0.25, 0.3) is 0 Å². The third kappa shape index (κ3) is 4.40. The van der Waals surface area contributed by atoms with E-state index >= 15 is 0 Å². The van der Waals surface area contributed by atoms with Gasteiger partial charge in [0.2, 0.25) is 0 Å². The topological polar surface area (TPSA) is 24.5 Å². The van der Waals surface area contributed by atoms with E-state index in [1.807, 2.05) is 0 Å². The molecule has 0 spiro atoms. The van der Waals surface area contributed by atoms with Crippen molar-refractivity contribution in [3.8, 4) is 0 Å². The van der Waals surface area contributed by atoms with Crippen LogP contribution in [0.5, 0.6) is 0 Å². The Bertz CT molecular complexity index is 135. The summed E-state index contributed by atoms with van der Waals surface area (Å²) in [5, 5.41) is 3.54. The van der Waals surface area contributed by atoms with Crippen LogP contribution >= 0.6 is 0 Å². The number of rotatable bonds is 7. The van der Waals surface area contributed by atoms with Gasteiger partial charge < -0.3 is 10.1 Å². The molecular formula is C11H24N2O. The van der Waals surface area contributed by atoms with Gasteiger partial charge in [0.15, 0.2) is 0 Å². The molecule has 1 aliphatic heterocycles. The number of methoxy groups -OCH3 is 1. The molecule has 0 radical (unpaired) electrons. The van der Waals surface area contributed by atoms with Crippen LogP contribution in [0.2, 0.25) is 0 Å². The molecule has 0 amide bonds. The molecule has 1 rings (SSSR count). The highest BCUT2D eigenvalue weighted by atomic mass is 16.5. The van der Waals surface area contributed by atoms with Gasteiger partial charge in [0.1, 0.15) is 0 Å². The number of nitrogens with one attached hydrogen (secondary N) is 1. The predicted octanol–water partition coefficient (Wildman–Crippen LogP) is 1.10. The number of ether oxygens (including phenoxy) is 1. The molecule has 0 aromatic carbocycles. The monoisotopic (exact) mass is 200 g/mol. The lowest BCUT2D eigenvalue weighted by atomic mass is 10.2. The predicted molar refractivity (Wildman–Crippen MR) is 59.6 cm³/mol. The van der Waals surface area contributed by atoms with Crippen molar-refractivity contribution >= 4 is 0 Å². The maximum Gasteiger partial charge on any atom is 0.0589 e. The fourth-order valence-electron chi connectivity index (χ4n) is 2.06. The molecule has 0 bridgehead atoms. The molecule has 14 heavy (non-hydrogen) atoms. The molecule has 0 aromatic heterocycles. The van der Waals surface area contributed by atoms with E-state index in [1.165, 1.54) is 38.9 Å².